The van der Waals surface area contributed by atoms with Gasteiger partial charge in [-0.1, -0.05) is 35.0 Å². The van der Waals surface area contributed by atoms with Crippen LogP contribution in [0.1, 0.15) is 23.9 Å². The lowest BCUT2D eigenvalue weighted by molar-refractivity contribution is -0.137. The molecule has 1 amide bonds. The Morgan fingerprint density at radius 2 is 1.94 bits per heavy atom. The summed E-state index contributed by atoms with van der Waals surface area (Å²) in [5.74, 6) is 0.607. The van der Waals surface area contributed by atoms with Crippen molar-refractivity contribution in [3.63, 3.8) is 0 Å². The predicted molar refractivity (Wildman–Crippen MR) is 122 cm³/mol. The molecule has 6 nitrogen and oxygen atoms in total. The monoisotopic (exact) mass is 518 g/mol. The molecule has 3 rings (SSSR count). The summed E-state index contributed by atoms with van der Waals surface area (Å²) in [6.07, 6.45) is -4.54. The average molecular weight is 519 g/mol. The van der Waals surface area contributed by atoms with Gasteiger partial charge in [-0.25, -0.2) is 0 Å². The molecule has 3 aromatic rings. The third-order valence-corrected chi connectivity index (χ3v) is 6.04. The third-order valence-electron chi connectivity index (χ3n) is 4.50. The minimum atomic E-state index is -4.54. The van der Waals surface area contributed by atoms with Gasteiger partial charge in [0.15, 0.2) is 11.0 Å². The molecule has 0 saturated heterocycles. The summed E-state index contributed by atoms with van der Waals surface area (Å²) in [6.45, 7) is 4.47. The normalized spacial score (nSPS) is 11.5. The maximum Gasteiger partial charge on any atom is 0.416 e. The van der Waals surface area contributed by atoms with Crippen LogP contribution >= 0.6 is 35.0 Å². The Kier molecular flexibility index (Phi) is 8.14. The van der Waals surface area contributed by atoms with Crippen molar-refractivity contribution < 1.29 is 22.7 Å². The van der Waals surface area contributed by atoms with Crippen LogP contribution in [0, 0.1) is 6.92 Å². The first-order valence-electron chi connectivity index (χ1n) is 9.69. The smallest absolute Gasteiger partial charge is 0.416 e. The first-order chi connectivity index (χ1) is 15.6. The summed E-state index contributed by atoms with van der Waals surface area (Å²) in [5.41, 5.74) is -0.132. The van der Waals surface area contributed by atoms with Crippen molar-refractivity contribution in [3.8, 4) is 5.75 Å². The number of rotatable bonds is 8. The van der Waals surface area contributed by atoms with Crippen LogP contribution in [-0.4, -0.2) is 26.4 Å². The molecule has 0 aliphatic rings. The molecule has 0 aliphatic carbocycles. The Labute approximate surface area is 202 Å². The van der Waals surface area contributed by atoms with E-state index in [1.807, 2.05) is 13.8 Å². The highest BCUT2D eigenvalue weighted by Crippen LogP contribution is 2.34. The van der Waals surface area contributed by atoms with Gasteiger partial charge < -0.3 is 14.6 Å². The second kappa shape index (κ2) is 10.7. The minimum Gasteiger partial charge on any atom is -0.485 e. The summed E-state index contributed by atoms with van der Waals surface area (Å²) < 4.78 is 46.3. The molecule has 1 N–H and O–H groups in total. The number of benzene rings is 2. The number of nitrogens with zero attached hydrogens (tertiary/aromatic N) is 3. The molecule has 0 spiro atoms. The SMILES string of the molecule is CCn1c(COc2ccc(Cl)cc2C)nnc1SCC(=O)Nc1cc(C(F)(F)F)ccc1Cl. The second-order valence-electron chi connectivity index (χ2n) is 6.87. The summed E-state index contributed by atoms with van der Waals surface area (Å²) in [4.78, 5) is 12.3. The van der Waals surface area contributed by atoms with E-state index in [0.717, 1.165) is 35.5 Å². The Hall–Kier alpha value is -2.43. The van der Waals surface area contributed by atoms with Crippen LogP contribution < -0.4 is 10.1 Å². The number of carbonyl (C=O) groups is 1. The van der Waals surface area contributed by atoms with Crippen molar-refractivity contribution in [1.29, 1.82) is 0 Å². The Balaban J connectivity index is 1.62. The number of hydrogen-bond donors (Lipinski definition) is 1. The maximum absolute atomic E-state index is 12.9. The van der Waals surface area contributed by atoms with Crippen LogP contribution in [0.15, 0.2) is 41.6 Å². The second-order valence-corrected chi connectivity index (χ2v) is 8.66. The van der Waals surface area contributed by atoms with Crippen molar-refractivity contribution in [1.82, 2.24) is 14.8 Å². The van der Waals surface area contributed by atoms with Crippen LogP contribution in [0.5, 0.6) is 5.75 Å². The van der Waals surface area contributed by atoms with Crippen molar-refractivity contribution in [2.24, 2.45) is 0 Å². The molecule has 0 radical (unpaired) electrons. The van der Waals surface area contributed by atoms with Gasteiger partial charge in [-0.2, -0.15) is 13.2 Å². The van der Waals surface area contributed by atoms with Gasteiger partial charge in [-0.3, -0.25) is 4.79 Å². The lowest BCUT2D eigenvalue weighted by Gasteiger charge is -2.12. The zero-order chi connectivity index (χ0) is 24.2. The van der Waals surface area contributed by atoms with E-state index in [1.54, 1.807) is 22.8 Å². The zero-order valence-corrected chi connectivity index (χ0v) is 19.9. The highest BCUT2D eigenvalue weighted by molar-refractivity contribution is 7.99. The van der Waals surface area contributed by atoms with Crippen molar-refractivity contribution in [3.05, 3.63) is 63.4 Å². The highest BCUT2D eigenvalue weighted by Gasteiger charge is 2.31. The van der Waals surface area contributed by atoms with Gasteiger partial charge in [0.2, 0.25) is 5.91 Å². The third kappa shape index (κ3) is 6.55. The Bertz CT molecular complexity index is 1160. The van der Waals surface area contributed by atoms with Crippen molar-refractivity contribution in [2.45, 2.75) is 38.3 Å². The molecule has 33 heavy (non-hydrogen) atoms. The molecule has 0 aliphatic heterocycles. The van der Waals surface area contributed by atoms with Crippen LogP contribution in [0.3, 0.4) is 0 Å². The fourth-order valence-corrected chi connectivity index (χ4v) is 4.09. The fraction of sp³-hybridized carbons (Fsp3) is 0.286. The number of ether oxygens (including phenoxy) is 1. The van der Waals surface area contributed by atoms with E-state index < -0.39 is 17.6 Å². The van der Waals surface area contributed by atoms with E-state index in [9.17, 15) is 18.0 Å². The number of alkyl halides is 3. The minimum absolute atomic E-state index is 0.00926. The van der Waals surface area contributed by atoms with Gasteiger partial charge in [-0.15, -0.1) is 10.2 Å². The van der Waals surface area contributed by atoms with Crippen molar-refractivity contribution >= 4 is 46.6 Å². The predicted octanol–water partition coefficient (Wildman–Crippen LogP) is 6.24. The van der Waals surface area contributed by atoms with Gasteiger partial charge >= 0.3 is 6.18 Å². The Morgan fingerprint density at radius 1 is 1.18 bits per heavy atom. The number of amides is 1. The van der Waals surface area contributed by atoms with Crippen LogP contribution in [-0.2, 0) is 24.1 Å². The first kappa shape index (κ1) is 25.2. The topological polar surface area (TPSA) is 69.0 Å². The lowest BCUT2D eigenvalue weighted by atomic mass is 10.2. The fourth-order valence-electron chi connectivity index (χ4n) is 2.88. The van der Waals surface area contributed by atoms with Gasteiger partial charge in [0.25, 0.3) is 0 Å². The van der Waals surface area contributed by atoms with E-state index >= 15 is 0 Å². The molecular weight excluding hydrogens is 500 g/mol. The molecule has 176 valence electrons. The Morgan fingerprint density at radius 3 is 2.61 bits per heavy atom. The molecule has 0 saturated carbocycles. The largest absolute Gasteiger partial charge is 0.485 e. The molecule has 0 fully saturated rings. The number of hydrogen-bond acceptors (Lipinski definition) is 5. The number of nitrogens with one attached hydrogen (secondary N) is 1. The van der Waals surface area contributed by atoms with Crippen LogP contribution in [0.25, 0.3) is 0 Å². The highest BCUT2D eigenvalue weighted by atomic mass is 35.5. The summed E-state index contributed by atoms with van der Waals surface area (Å²) in [7, 11) is 0. The number of anilines is 1. The van der Waals surface area contributed by atoms with E-state index in [1.165, 1.54) is 0 Å². The summed E-state index contributed by atoms with van der Waals surface area (Å²) >= 11 is 13.0. The molecule has 0 unspecified atom stereocenters. The first-order valence-corrected chi connectivity index (χ1v) is 11.4. The maximum atomic E-state index is 12.9. The van der Waals surface area contributed by atoms with Gasteiger partial charge in [0.05, 0.1) is 22.0 Å². The summed E-state index contributed by atoms with van der Waals surface area (Å²) in [5, 5.41) is 11.7. The number of carbonyl (C=O) groups excluding carboxylic acids is 1. The molecule has 12 heteroatoms. The average Bonchev–Trinajstić information content (AvgIpc) is 3.14. The van der Waals surface area contributed by atoms with E-state index in [2.05, 4.69) is 15.5 Å². The molecule has 1 aromatic heterocycles. The number of thioether (sulfide) groups is 1. The quantitative estimate of drug-likeness (QED) is 0.357. The van der Waals surface area contributed by atoms with Crippen LogP contribution in [0.2, 0.25) is 10.0 Å². The lowest BCUT2D eigenvalue weighted by Crippen LogP contribution is -2.16. The summed E-state index contributed by atoms with van der Waals surface area (Å²) in [6, 6.07) is 8.03. The number of aromatic nitrogens is 3. The van der Waals surface area contributed by atoms with Gasteiger partial charge in [0.1, 0.15) is 12.4 Å². The molecule has 2 aromatic carbocycles. The van der Waals surface area contributed by atoms with E-state index in [0.29, 0.717) is 28.3 Å². The van der Waals surface area contributed by atoms with Gasteiger partial charge in [-0.05, 0) is 55.8 Å². The standard InChI is InChI=1S/C21H19Cl2F3N4O2S/c1-3-30-18(10-32-17-7-5-14(22)8-12(17)2)28-29-20(30)33-11-19(31)27-16-9-13(21(24,25)26)4-6-15(16)23/h4-9H,3,10-11H2,1-2H3,(H,27,31). The van der Waals surface area contributed by atoms with Gasteiger partial charge in [0, 0.05) is 11.6 Å². The number of halogens is 5. The van der Waals surface area contributed by atoms with Crippen LogP contribution in [0.4, 0.5) is 18.9 Å². The molecule has 0 bridgehead atoms. The van der Waals surface area contributed by atoms with E-state index in [-0.39, 0.29) is 23.1 Å². The van der Waals surface area contributed by atoms with Crippen molar-refractivity contribution in [2.75, 3.05) is 11.1 Å². The molecular formula is C21H19Cl2F3N4O2S. The number of aryl methyl sites for hydroxylation is 1. The zero-order valence-electron chi connectivity index (χ0n) is 17.5. The molecule has 0 atom stereocenters. The molecule has 1 heterocycles. The van der Waals surface area contributed by atoms with E-state index in [4.69, 9.17) is 27.9 Å².